The summed E-state index contributed by atoms with van der Waals surface area (Å²) in [4.78, 5) is 10.6. The summed E-state index contributed by atoms with van der Waals surface area (Å²) < 4.78 is 40.1. The van der Waals surface area contributed by atoms with Crippen molar-refractivity contribution in [2.75, 3.05) is 0 Å². The first kappa shape index (κ1) is 12.2. The van der Waals surface area contributed by atoms with Gasteiger partial charge in [-0.1, -0.05) is 12.1 Å². The molecule has 0 aliphatic heterocycles. The molecule has 0 saturated heterocycles. The van der Waals surface area contributed by atoms with Gasteiger partial charge in [0.15, 0.2) is 0 Å². The Labute approximate surface area is 100 Å². The lowest BCUT2D eigenvalue weighted by atomic mass is 10.0. The molecule has 0 aliphatic carbocycles. The van der Waals surface area contributed by atoms with Crippen molar-refractivity contribution >= 4 is 5.97 Å². The van der Waals surface area contributed by atoms with E-state index in [0.29, 0.717) is 6.07 Å². The summed E-state index contributed by atoms with van der Waals surface area (Å²) in [5.74, 6) is -4.13. The van der Waals surface area contributed by atoms with Crippen molar-refractivity contribution in [2.24, 2.45) is 0 Å². The van der Waals surface area contributed by atoms with Gasteiger partial charge in [-0.25, -0.2) is 18.0 Å². The SMILES string of the molecule is O=C(O)c1cc(F)c(-c2cccc(F)c2)cc1F. The minimum atomic E-state index is -1.56. The highest BCUT2D eigenvalue weighted by atomic mass is 19.1. The van der Waals surface area contributed by atoms with Gasteiger partial charge in [0.1, 0.15) is 17.5 Å². The van der Waals surface area contributed by atoms with Crippen molar-refractivity contribution in [3.8, 4) is 11.1 Å². The lowest BCUT2D eigenvalue weighted by molar-refractivity contribution is 0.0691. The highest BCUT2D eigenvalue weighted by Crippen LogP contribution is 2.26. The summed E-state index contributed by atoms with van der Waals surface area (Å²) >= 11 is 0. The fourth-order valence-corrected chi connectivity index (χ4v) is 1.59. The van der Waals surface area contributed by atoms with Crippen LogP contribution in [0.5, 0.6) is 0 Å². The Morgan fingerprint density at radius 3 is 2.33 bits per heavy atom. The zero-order valence-electron chi connectivity index (χ0n) is 8.95. The molecular formula is C13H7F3O2. The molecule has 0 aromatic heterocycles. The second kappa shape index (κ2) is 4.52. The van der Waals surface area contributed by atoms with E-state index in [0.717, 1.165) is 12.1 Å². The van der Waals surface area contributed by atoms with Crippen molar-refractivity contribution < 1.29 is 23.1 Å². The molecule has 2 aromatic carbocycles. The number of carboxylic acid groups (broad SMARTS) is 1. The number of carboxylic acids is 1. The molecule has 2 rings (SSSR count). The Kier molecular flexibility index (Phi) is 3.06. The summed E-state index contributed by atoms with van der Waals surface area (Å²) in [6.07, 6.45) is 0. The minimum Gasteiger partial charge on any atom is -0.478 e. The summed E-state index contributed by atoms with van der Waals surface area (Å²) in [6.45, 7) is 0. The van der Waals surface area contributed by atoms with Gasteiger partial charge in [-0.05, 0) is 29.8 Å². The Bertz CT molecular complexity index is 624. The maximum atomic E-state index is 13.7. The predicted octanol–water partition coefficient (Wildman–Crippen LogP) is 3.47. The van der Waals surface area contributed by atoms with E-state index in [4.69, 9.17) is 5.11 Å². The molecule has 0 spiro atoms. The quantitative estimate of drug-likeness (QED) is 0.888. The van der Waals surface area contributed by atoms with Crippen LogP contribution in [-0.4, -0.2) is 11.1 Å². The Morgan fingerprint density at radius 2 is 1.72 bits per heavy atom. The number of aromatic carboxylic acids is 1. The van der Waals surface area contributed by atoms with Gasteiger partial charge in [0, 0.05) is 5.56 Å². The molecule has 0 unspecified atom stereocenters. The fraction of sp³-hybridized carbons (Fsp3) is 0. The average Bonchev–Trinajstić information content (AvgIpc) is 2.31. The van der Waals surface area contributed by atoms with E-state index >= 15 is 0 Å². The molecule has 2 aromatic rings. The third-order valence-corrected chi connectivity index (χ3v) is 2.42. The fourth-order valence-electron chi connectivity index (χ4n) is 1.59. The van der Waals surface area contributed by atoms with Crippen LogP contribution in [0.2, 0.25) is 0 Å². The van der Waals surface area contributed by atoms with Crippen molar-refractivity contribution in [3.05, 3.63) is 59.4 Å². The molecule has 0 bridgehead atoms. The van der Waals surface area contributed by atoms with E-state index in [2.05, 4.69) is 0 Å². The van der Waals surface area contributed by atoms with Gasteiger partial charge in [0.2, 0.25) is 0 Å². The lowest BCUT2D eigenvalue weighted by Gasteiger charge is -2.06. The number of benzene rings is 2. The Morgan fingerprint density at radius 1 is 1.00 bits per heavy atom. The molecule has 0 heterocycles. The molecule has 0 aliphatic rings. The number of hydrogen-bond acceptors (Lipinski definition) is 1. The molecule has 0 fully saturated rings. The van der Waals surface area contributed by atoms with Crippen LogP contribution in [0.4, 0.5) is 13.2 Å². The first-order valence-corrected chi connectivity index (χ1v) is 4.97. The van der Waals surface area contributed by atoms with E-state index in [9.17, 15) is 18.0 Å². The first-order chi connectivity index (χ1) is 8.49. The molecule has 0 radical (unpaired) electrons. The van der Waals surface area contributed by atoms with Gasteiger partial charge in [0.05, 0.1) is 5.56 Å². The highest BCUT2D eigenvalue weighted by Gasteiger charge is 2.16. The highest BCUT2D eigenvalue weighted by molar-refractivity contribution is 5.88. The average molecular weight is 252 g/mol. The van der Waals surface area contributed by atoms with Crippen LogP contribution in [0.1, 0.15) is 10.4 Å². The number of rotatable bonds is 2. The standard InChI is InChI=1S/C13H7F3O2/c14-8-3-1-2-7(4-8)9-5-12(16)10(13(17)18)6-11(9)15/h1-6H,(H,17,18). The van der Waals surface area contributed by atoms with Crippen LogP contribution in [0.3, 0.4) is 0 Å². The third kappa shape index (κ3) is 2.20. The van der Waals surface area contributed by atoms with E-state index < -0.39 is 29.0 Å². The van der Waals surface area contributed by atoms with Crippen molar-refractivity contribution in [1.82, 2.24) is 0 Å². The zero-order valence-corrected chi connectivity index (χ0v) is 8.95. The van der Waals surface area contributed by atoms with Crippen LogP contribution >= 0.6 is 0 Å². The molecule has 5 heteroatoms. The largest absolute Gasteiger partial charge is 0.478 e. The monoisotopic (exact) mass is 252 g/mol. The molecule has 1 N–H and O–H groups in total. The minimum absolute atomic E-state index is 0.142. The second-order valence-corrected chi connectivity index (χ2v) is 3.63. The van der Waals surface area contributed by atoms with Crippen LogP contribution < -0.4 is 0 Å². The van der Waals surface area contributed by atoms with Crippen molar-refractivity contribution in [3.63, 3.8) is 0 Å². The number of carbonyl (C=O) groups is 1. The summed E-state index contributed by atoms with van der Waals surface area (Å²) in [5.41, 5.74) is -0.798. The summed E-state index contributed by atoms with van der Waals surface area (Å²) in [6, 6.07) is 6.29. The van der Waals surface area contributed by atoms with E-state index in [1.807, 2.05) is 0 Å². The normalized spacial score (nSPS) is 10.4. The van der Waals surface area contributed by atoms with Crippen LogP contribution in [-0.2, 0) is 0 Å². The molecular weight excluding hydrogens is 245 g/mol. The second-order valence-electron chi connectivity index (χ2n) is 3.63. The van der Waals surface area contributed by atoms with Crippen LogP contribution in [0.25, 0.3) is 11.1 Å². The molecule has 2 nitrogen and oxygen atoms in total. The molecule has 0 atom stereocenters. The topological polar surface area (TPSA) is 37.3 Å². The molecule has 0 saturated carbocycles. The zero-order chi connectivity index (χ0) is 13.3. The summed E-state index contributed by atoms with van der Waals surface area (Å²) in [5, 5.41) is 8.63. The van der Waals surface area contributed by atoms with Gasteiger partial charge in [0.25, 0.3) is 0 Å². The first-order valence-electron chi connectivity index (χ1n) is 4.97. The van der Waals surface area contributed by atoms with Gasteiger partial charge < -0.3 is 5.11 Å². The smallest absolute Gasteiger partial charge is 0.338 e. The lowest BCUT2D eigenvalue weighted by Crippen LogP contribution is -2.02. The maximum absolute atomic E-state index is 13.7. The Balaban J connectivity index is 2.60. The van der Waals surface area contributed by atoms with Crippen molar-refractivity contribution in [2.45, 2.75) is 0 Å². The molecule has 0 amide bonds. The number of halogens is 3. The maximum Gasteiger partial charge on any atom is 0.338 e. The van der Waals surface area contributed by atoms with E-state index in [1.165, 1.54) is 18.2 Å². The van der Waals surface area contributed by atoms with E-state index in [1.54, 1.807) is 0 Å². The Hall–Kier alpha value is -2.30. The number of hydrogen-bond donors (Lipinski definition) is 1. The van der Waals surface area contributed by atoms with Crippen LogP contribution in [0.15, 0.2) is 36.4 Å². The van der Waals surface area contributed by atoms with Gasteiger partial charge in [-0.15, -0.1) is 0 Å². The van der Waals surface area contributed by atoms with Gasteiger partial charge in [-0.2, -0.15) is 0 Å². The third-order valence-electron chi connectivity index (χ3n) is 2.42. The summed E-state index contributed by atoms with van der Waals surface area (Å²) in [7, 11) is 0. The van der Waals surface area contributed by atoms with Gasteiger partial charge >= 0.3 is 5.97 Å². The molecule has 92 valence electrons. The van der Waals surface area contributed by atoms with Gasteiger partial charge in [-0.3, -0.25) is 0 Å². The predicted molar refractivity (Wildman–Crippen MR) is 58.7 cm³/mol. The van der Waals surface area contributed by atoms with Crippen molar-refractivity contribution in [1.29, 1.82) is 0 Å². The molecule has 18 heavy (non-hydrogen) atoms. The van der Waals surface area contributed by atoms with E-state index in [-0.39, 0.29) is 11.1 Å². The van der Waals surface area contributed by atoms with Crippen LogP contribution in [0, 0.1) is 17.5 Å².